The summed E-state index contributed by atoms with van der Waals surface area (Å²) >= 11 is 7.56. The van der Waals surface area contributed by atoms with Gasteiger partial charge >= 0.3 is 0 Å². The van der Waals surface area contributed by atoms with E-state index in [-0.39, 0.29) is 11.2 Å². The highest BCUT2D eigenvalue weighted by Gasteiger charge is 2.19. The standard InChI is InChI=1S/C14H17ClN4OS/c1-4-16-13(20)9(2)21-14-18-17-12(19(14)3)10-7-5-6-8-11(10)15/h5-9H,4H2,1-3H3,(H,16,20)/t9-/m0/s1. The average molecular weight is 325 g/mol. The lowest BCUT2D eigenvalue weighted by Crippen LogP contribution is -2.30. The summed E-state index contributed by atoms with van der Waals surface area (Å²) in [5.41, 5.74) is 0.826. The first-order valence-corrected chi connectivity index (χ1v) is 7.89. The molecule has 0 aliphatic carbocycles. The number of nitrogens with zero attached hydrogens (tertiary/aromatic N) is 3. The van der Waals surface area contributed by atoms with Crippen molar-refractivity contribution in [1.82, 2.24) is 20.1 Å². The zero-order valence-corrected chi connectivity index (χ0v) is 13.7. The monoisotopic (exact) mass is 324 g/mol. The third kappa shape index (κ3) is 3.57. The summed E-state index contributed by atoms with van der Waals surface area (Å²) in [4.78, 5) is 11.8. The van der Waals surface area contributed by atoms with Crippen molar-refractivity contribution in [2.75, 3.05) is 6.54 Å². The minimum Gasteiger partial charge on any atom is -0.355 e. The number of halogens is 1. The summed E-state index contributed by atoms with van der Waals surface area (Å²) in [6.07, 6.45) is 0. The first-order valence-electron chi connectivity index (χ1n) is 6.63. The van der Waals surface area contributed by atoms with Crippen LogP contribution in [0.1, 0.15) is 13.8 Å². The molecule has 0 fully saturated rings. The molecule has 5 nitrogen and oxygen atoms in total. The van der Waals surface area contributed by atoms with Crippen molar-refractivity contribution < 1.29 is 4.79 Å². The number of carbonyl (C=O) groups is 1. The molecule has 1 atom stereocenters. The van der Waals surface area contributed by atoms with Crippen LogP contribution < -0.4 is 5.32 Å². The molecule has 0 radical (unpaired) electrons. The van der Waals surface area contributed by atoms with Gasteiger partial charge in [-0.25, -0.2) is 0 Å². The molecule has 0 aliphatic heterocycles. The minimum absolute atomic E-state index is 0.00945. The lowest BCUT2D eigenvalue weighted by Gasteiger charge is -2.10. The van der Waals surface area contributed by atoms with Crippen molar-refractivity contribution in [3.8, 4) is 11.4 Å². The zero-order valence-electron chi connectivity index (χ0n) is 12.1. The quantitative estimate of drug-likeness (QED) is 0.859. The van der Waals surface area contributed by atoms with Crippen molar-refractivity contribution in [3.05, 3.63) is 29.3 Å². The number of nitrogens with one attached hydrogen (secondary N) is 1. The number of amides is 1. The second-order valence-corrected chi connectivity index (χ2v) is 6.21. The third-order valence-electron chi connectivity index (χ3n) is 2.95. The normalized spacial score (nSPS) is 12.2. The van der Waals surface area contributed by atoms with Gasteiger partial charge in [0.05, 0.1) is 10.3 Å². The highest BCUT2D eigenvalue weighted by molar-refractivity contribution is 8.00. The predicted molar refractivity (Wildman–Crippen MR) is 85.5 cm³/mol. The predicted octanol–water partition coefficient (Wildman–Crippen LogP) is 2.75. The summed E-state index contributed by atoms with van der Waals surface area (Å²) in [5, 5.41) is 12.2. The Labute approximate surface area is 133 Å². The van der Waals surface area contributed by atoms with Gasteiger partial charge < -0.3 is 9.88 Å². The Balaban J connectivity index is 2.22. The van der Waals surface area contributed by atoms with Gasteiger partial charge in [0.2, 0.25) is 5.91 Å². The molecule has 2 aromatic rings. The van der Waals surface area contributed by atoms with Crippen molar-refractivity contribution in [2.45, 2.75) is 24.3 Å². The number of rotatable bonds is 5. The van der Waals surface area contributed by atoms with E-state index in [0.717, 1.165) is 5.56 Å². The Bertz CT molecular complexity index is 644. The lowest BCUT2D eigenvalue weighted by molar-refractivity contribution is -0.120. The molecule has 1 N–H and O–H groups in total. The Hall–Kier alpha value is -1.53. The van der Waals surface area contributed by atoms with E-state index in [1.807, 2.05) is 49.7 Å². The van der Waals surface area contributed by atoms with Gasteiger partial charge in [0, 0.05) is 19.2 Å². The maximum atomic E-state index is 11.8. The number of carbonyl (C=O) groups excluding carboxylic acids is 1. The van der Waals surface area contributed by atoms with Gasteiger partial charge in [-0.3, -0.25) is 4.79 Å². The molecule has 0 unspecified atom stereocenters. The fraction of sp³-hybridized carbons (Fsp3) is 0.357. The van der Waals surface area contributed by atoms with Gasteiger partial charge in [-0.1, -0.05) is 35.5 Å². The number of benzene rings is 1. The van der Waals surface area contributed by atoms with Crippen LogP contribution >= 0.6 is 23.4 Å². The summed E-state index contributed by atoms with van der Waals surface area (Å²) in [6.45, 7) is 4.36. The fourth-order valence-electron chi connectivity index (χ4n) is 1.82. The average Bonchev–Trinajstić information content (AvgIpc) is 2.81. The van der Waals surface area contributed by atoms with Crippen LogP contribution in [0.3, 0.4) is 0 Å². The number of thioether (sulfide) groups is 1. The van der Waals surface area contributed by atoms with E-state index in [1.165, 1.54) is 11.8 Å². The van der Waals surface area contributed by atoms with E-state index in [4.69, 9.17) is 11.6 Å². The molecule has 1 aromatic carbocycles. The van der Waals surface area contributed by atoms with Crippen LogP contribution in [0.25, 0.3) is 11.4 Å². The summed E-state index contributed by atoms with van der Waals surface area (Å²) in [6, 6.07) is 7.48. The van der Waals surface area contributed by atoms with Crippen LogP contribution in [0.2, 0.25) is 5.02 Å². The van der Waals surface area contributed by atoms with E-state index in [2.05, 4.69) is 15.5 Å². The molecule has 112 valence electrons. The second kappa shape index (κ2) is 6.95. The molecule has 0 spiro atoms. The number of hydrogen-bond donors (Lipinski definition) is 1. The van der Waals surface area contributed by atoms with Crippen molar-refractivity contribution in [1.29, 1.82) is 0 Å². The summed E-state index contributed by atoms with van der Waals surface area (Å²) < 4.78 is 1.85. The molecule has 0 aliphatic rings. The van der Waals surface area contributed by atoms with Gasteiger partial charge in [0.15, 0.2) is 11.0 Å². The molecule has 1 aromatic heterocycles. The molecule has 2 rings (SSSR count). The van der Waals surface area contributed by atoms with E-state index in [1.54, 1.807) is 0 Å². The first kappa shape index (κ1) is 15.9. The molecule has 21 heavy (non-hydrogen) atoms. The second-order valence-electron chi connectivity index (χ2n) is 4.50. The van der Waals surface area contributed by atoms with Gasteiger partial charge in [0.25, 0.3) is 0 Å². The maximum Gasteiger partial charge on any atom is 0.233 e. The van der Waals surface area contributed by atoms with Crippen LogP contribution in [0.4, 0.5) is 0 Å². The van der Waals surface area contributed by atoms with Crippen LogP contribution in [0, 0.1) is 0 Å². The van der Waals surface area contributed by atoms with Crippen molar-refractivity contribution in [2.24, 2.45) is 7.05 Å². The summed E-state index contributed by atoms with van der Waals surface area (Å²) in [5.74, 6) is 0.677. The molecule has 1 amide bonds. The Morgan fingerprint density at radius 2 is 2.14 bits per heavy atom. The topological polar surface area (TPSA) is 59.8 Å². The summed E-state index contributed by atoms with van der Waals surface area (Å²) in [7, 11) is 1.87. The van der Waals surface area contributed by atoms with E-state index in [9.17, 15) is 4.79 Å². The lowest BCUT2D eigenvalue weighted by atomic mass is 10.2. The van der Waals surface area contributed by atoms with E-state index >= 15 is 0 Å². The van der Waals surface area contributed by atoms with Crippen molar-refractivity contribution in [3.63, 3.8) is 0 Å². The smallest absolute Gasteiger partial charge is 0.233 e. The zero-order chi connectivity index (χ0) is 15.4. The number of hydrogen-bond acceptors (Lipinski definition) is 4. The van der Waals surface area contributed by atoms with Crippen molar-refractivity contribution >= 4 is 29.3 Å². The Kier molecular flexibility index (Phi) is 5.25. The third-order valence-corrected chi connectivity index (χ3v) is 4.42. The highest BCUT2D eigenvalue weighted by atomic mass is 35.5. The molecule has 1 heterocycles. The van der Waals surface area contributed by atoms with Crippen LogP contribution in [0.5, 0.6) is 0 Å². The molecule has 0 bridgehead atoms. The number of aromatic nitrogens is 3. The van der Waals surface area contributed by atoms with Crippen LogP contribution in [0.15, 0.2) is 29.4 Å². The van der Waals surface area contributed by atoms with E-state index < -0.39 is 0 Å². The SMILES string of the molecule is CCNC(=O)[C@H](C)Sc1nnc(-c2ccccc2Cl)n1C. The molecule has 7 heteroatoms. The van der Waals surface area contributed by atoms with Crippen LogP contribution in [-0.2, 0) is 11.8 Å². The fourth-order valence-corrected chi connectivity index (χ4v) is 2.88. The Morgan fingerprint density at radius 1 is 1.43 bits per heavy atom. The molecular weight excluding hydrogens is 308 g/mol. The van der Waals surface area contributed by atoms with Crippen LogP contribution in [-0.4, -0.2) is 32.5 Å². The highest BCUT2D eigenvalue weighted by Crippen LogP contribution is 2.29. The largest absolute Gasteiger partial charge is 0.355 e. The maximum absolute atomic E-state index is 11.8. The minimum atomic E-state index is -0.230. The van der Waals surface area contributed by atoms with Gasteiger partial charge in [-0.2, -0.15) is 0 Å². The Morgan fingerprint density at radius 3 is 2.81 bits per heavy atom. The first-order chi connectivity index (χ1) is 10.0. The van der Waals surface area contributed by atoms with Gasteiger partial charge in [0.1, 0.15) is 0 Å². The molecular formula is C14H17ClN4OS. The molecule has 0 saturated heterocycles. The molecule has 0 saturated carbocycles. The van der Waals surface area contributed by atoms with E-state index in [0.29, 0.717) is 22.5 Å². The van der Waals surface area contributed by atoms with Gasteiger partial charge in [-0.15, -0.1) is 10.2 Å². The van der Waals surface area contributed by atoms with Gasteiger partial charge in [-0.05, 0) is 26.0 Å².